The number of rotatable bonds is 8. The van der Waals surface area contributed by atoms with Crippen molar-refractivity contribution in [1.82, 2.24) is 9.71 Å². The lowest BCUT2D eigenvalue weighted by molar-refractivity contribution is 0.341. The van der Waals surface area contributed by atoms with Crippen molar-refractivity contribution in [1.29, 1.82) is 5.26 Å². The summed E-state index contributed by atoms with van der Waals surface area (Å²) in [7, 11) is -3.30. The SMILES string of the molecule is CC(C)(c1ccc(-c2cnc3c(c2)CCC3NS(C)(=O)=O)cc1)c1cc(Cl)c(OCCCl)c(C#N)c1. The van der Waals surface area contributed by atoms with Crippen molar-refractivity contribution in [2.24, 2.45) is 0 Å². The fraction of sp³-hybridized carbons (Fsp3) is 0.333. The number of aromatic nitrogens is 1. The van der Waals surface area contributed by atoms with E-state index in [4.69, 9.17) is 27.9 Å². The van der Waals surface area contributed by atoms with Crippen molar-refractivity contribution in [3.8, 4) is 22.9 Å². The normalized spacial score (nSPS) is 15.4. The van der Waals surface area contributed by atoms with Gasteiger partial charge in [-0.15, -0.1) is 11.6 Å². The molecule has 1 N–H and O–H groups in total. The second-order valence-corrected chi connectivity index (χ2v) is 12.0. The van der Waals surface area contributed by atoms with Crippen molar-refractivity contribution in [2.45, 2.75) is 38.1 Å². The highest BCUT2D eigenvalue weighted by atomic mass is 35.5. The highest BCUT2D eigenvalue weighted by Gasteiger charge is 2.28. The Labute approximate surface area is 222 Å². The average molecular weight is 545 g/mol. The van der Waals surface area contributed by atoms with Gasteiger partial charge in [-0.2, -0.15) is 5.26 Å². The monoisotopic (exact) mass is 543 g/mol. The minimum atomic E-state index is -3.30. The van der Waals surface area contributed by atoms with Gasteiger partial charge in [0.1, 0.15) is 12.7 Å². The van der Waals surface area contributed by atoms with Crippen LogP contribution in [0.25, 0.3) is 11.1 Å². The Kier molecular flexibility index (Phi) is 7.63. The molecule has 188 valence electrons. The molecule has 4 rings (SSSR count). The highest BCUT2D eigenvalue weighted by molar-refractivity contribution is 7.88. The molecule has 0 saturated heterocycles. The fourth-order valence-corrected chi connectivity index (χ4v) is 5.67. The maximum Gasteiger partial charge on any atom is 0.209 e. The van der Waals surface area contributed by atoms with Crippen LogP contribution in [0.15, 0.2) is 48.7 Å². The molecule has 1 atom stereocenters. The van der Waals surface area contributed by atoms with Crippen molar-refractivity contribution >= 4 is 33.2 Å². The van der Waals surface area contributed by atoms with Crippen molar-refractivity contribution in [2.75, 3.05) is 18.7 Å². The predicted molar refractivity (Wildman–Crippen MR) is 143 cm³/mol. The molecule has 0 aliphatic heterocycles. The zero-order valence-electron chi connectivity index (χ0n) is 20.3. The van der Waals surface area contributed by atoms with Crippen LogP contribution >= 0.6 is 23.2 Å². The number of fused-ring (bicyclic) bond motifs is 1. The van der Waals surface area contributed by atoms with Gasteiger partial charge in [0.05, 0.1) is 34.5 Å². The lowest BCUT2D eigenvalue weighted by Crippen LogP contribution is -2.26. The van der Waals surface area contributed by atoms with Gasteiger partial charge in [-0.05, 0) is 53.3 Å². The van der Waals surface area contributed by atoms with Crippen LogP contribution in [0.3, 0.4) is 0 Å². The molecule has 1 heterocycles. The van der Waals surface area contributed by atoms with Crippen LogP contribution < -0.4 is 9.46 Å². The molecule has 0 spiro atoms. The third kappa shape index (κ3) is 5.52. The van der Waals surface area contributed by atoms with Crippen LogP contribution in [0.5, 0.6) is 5.75 Å². The molecule has 1 unspecified atom stereocenters. The standard InChI is InChI=1S/C27H27Cl2N3O3S/c1-27(2,22-13-19(15-30)26(23(29)14-22)35-11-10-28)21-7-4-17(5-8-21)20-12-18-6-9-24(25(18)31-16-20)32-36(3,33)34/h4-5,7-8,12-14,16,24,32H,6,9-11H2,1-3H3. The second-order valence-electron chi connectivity index (χ2n) is 9.44. The fourth-order valence-electron chi connectivity index (χ4n) is 4.57. The Balaban J connectivity index is 1.60. The molecule has 36 heavy (non-hydrogen) atoms. The first kappa shape index (κ1) is 26.4. The topological polar surface area (TPSA) is 92.1 Å². The zero-order chi connectivity index (χ0) is 26.1. The Morgan fingerprint density at radius 2 is 1.89 bits per heavy atom. The summed E-state index contributed by atoms with van der Waals surface area (Å²) >= 11 is 12.2. The third-order valence-electron chi connectivity index (χ3n) is 6.54. The summed E-state index contributed by atoms with van der Waals surface area (Å²) in [4.78, 5) is 4.59. The lowest BCUT2D eigenvalue weighted by Gasteiger charge is -2.27. The van der Waals surface area contributed by atoms with Crippen LogP contribution in [0, 0.1) is 11.3 Å². The van der Waals surface area contributed by atoms with E-state index in [-0.39, 0.29) is 12.6 Å². The van der Waals surface area contributed by atoms with Crippen LogP contribution in [0.1, 0.15) is 54.3 Å². The lowest BCUT2D eigenvalue weighted by atomic mass is 9.77. The van der Waals surface area contributed by atoms with Crippen molar-refractivity contribution in [3.63, 3.8) is 0 Å². The Morgan fingerprint density at radius 3 is 2.53 bits per heavy atom. The zero-order valence-corrected chi connectivity index (χ0v) is 22.6. The molecular formula is C27H27Cl2N3O3S. The first-order chi connectivity index (χ1) is 17.0. The van der Waals surface area contributed by atoms with Crippen LogP contribution in [-0.4, -0.2) is 32.1 Å². The summed E-state index contributed by atoms with van der Waals surface area (Å²) in [5, 5.41) is 10.0. The third-order valence-corrected chi connectivity index (χ3v) is 7.69. The summed E-state index contributed by atoms with van der Waals surface area (Å²) < 4.78 is 31.5. The van der Waals surface area contributed by atoms with Gasteiger partial charge in [0, 0.05) is 17.2 Å². The van der Waals surface area contributed by atoms with E-state index >= 15 is 0 Å². The molecule has 3 aromatic rings. The summed E-state index contributed by atoms with van der Waals surface area (Å²) in [6.07, 6.45) is 4.44. The summed E-state index contributed by atoms with van der Waals surface area (Å²) in [5.41, 5.74) is 5.78. The molecule has 0 fully saturated rings. The number of halogens is 2. The van der Waals surface area contributed by atoms with E-state index in [1.54, 1.807) is 6.20 Å². The minimum Gasteiger partial charge on any atom is -0.489 e. The van der Waals surface area contributed by atoms with Gasteiger partial charge in [0.15, 0.2) is 5.75 Å². The van der Waals surface area contributed by atoms with Crippen LogP contribution in [0.4, 0.5) is 0 Å². The van der Waals surface area contributed by atoms with Gasteiger partial charge < -0.3 is 4.74 Å². The van der Waals surface area contributed by atoms with Crippen molar-refractivity contribution in [3.05, 3.63) is 81.6 Å². The van der Waals surface area contributed by atoms with Crippen molar-refractivity contribution < 1.29 is 13.2 Å². The number of benzene rings is 2. The van der Waals surface area contributed by atoms with E-state index in [1.165, 1.54) is 6.26 Å². The Bertz CT molecular complexity index is 1430. The highest BCUT2D eigenvalue weighted by Crippen LogP contribution is 2.39. The molecule has 2 aromatic carbocycles. The molecule has 1 aliphatic carbocycles. The second kappa shape index (κ2) is 10.4. The van der Waals surface area contributed by atoms with E-state index in [9.17, 15) is 13.7 Å². The number of pyridine rings is 1. The van der Waals surface area contributed by atoms with E-state index in [2.05, 4.69) is 47.8 Å². The quantitative estimate of drug-likeness (QED) is 0.365. The van der Waals surface area contributed by atoms with Gasteiger partial charge in [-0.3, -0.25) is 4.98 Å². The van der Waals surface area contributed by atoms with E-state index in [1.807, 2.05) is 24.3 Å². The number of hydrogen-bond donors (Lipinski definition) is 1. The molecule has 1 aromatic heterocycles. The molecule has 0 radical (unpaired) electrons. The smallest absolute Gasteiger partial charge is 0.209 e. The maximum atomic E-state index is 11.6. The summed E-state index contributed by atoms with van der Waals surface area (Å²) in [6, 6.07) is 15.9. The Hall–Kier alpha value is -2.63. The van der Waals surface area contributed by atoms with Gasteiger partial charge >= 0.3 is 0 Å². The van der Waals surface area contributed by atoms with E-state index in [0.717, 1.165) is 39.9 Å². The number of ether oxygens (including phenoxy) is 1. The molecular weight excluding hydrogens is 517 g/mol. The molecule has 6 nitrogen and oxygen atoms in total. The number of nitriles is 1. The Morgan fingerprint density at radius 1 is 1.17 bits per heavy atom. The number of alkyl halides is 1. The summed E-state index contributed by atoms with van der Waals surface area (Å²) in [5.74, 6) is 0.659. The first-order valence-corrected chi connectivity index (χ1v) is 14.3. The average Bonchev–Trinajstić information content (AvgIpc) is 3.23. The van der Waals surface area contributed by atoms with Gasteiger partial charge in [-0.1, -0.05) is 49.7 Å². The minimum absolute atomic E-state index is 0.270. The number of nitrogens with zero attached hydrogens (tertiary/aromatic N) is 2. The summed E-state index contributed by atoms with van der Waals surface area (Å²) in [6.45, 7) is 4.44. The van der Waals surface area contributed by atoms with Crippen LogP contribution in [0.2, 0.25) is 5.02 Å². The molecule has 9 heteroatoms. The predicted octanol–water partition coefficient (Wildman–Crippen LogP) is 5.75. The maximum absolute atomic E-state index is 11.6. The number of aryl methyl sites for hydroxylation is 1. The molecule has 0 bridgehead atoms. The molecule has 0 saturated carbocycles. The van der Waals surface area contributed by atoms with E-state index in [0.29, 0.717) is 28.6 Å². The number of nitrogens with one attached hydrogen (secondary N) is 1. The molecule has 0 amide bonds. The largest absolute Gasteiger partial charge is 0.489 e. The number of sulfonamides is 1. The van der Waals surface area contributed by atoms with Gasteiger partial charge in [0.2, 0.25) is 10.0 Å². The van der Waals surface area contributed by atoms with Gasteiger partial charge in [-0.25, -0.2) is 13.1 Å². The first-order valence-electron chi connectivity index (χ1n) is 11.5. The molecule has 1 aliphatic rings. The number of hydrogen-bond acceptors (Lipinski definition) is 5. The van der Waals surface area contributed by atoms with Crippen LogP contribution in [-0.2, 0) is 21.9 Å². The van der Waals surface area contributed by atoms with E-state index < -0.39 is 15.4 Å². The van der Waals surface area contributed by atoms with Gasteiger partial charge in [0.25, 0.3) is 0 Å².